The van der Waals surface area contributed by atoms with Crippen LogP contribution in [0.1, 0.15) is 33.4 Å². The number of fused-ring (bicyclic) bond motifs is 5. The van der Waals surface area contributed by atoms with Crippen LogP contribution in [-0.4, -0.2) is 14.2 Å². The Morgan fingerprint density at radius 2 is 0.500 bits per heavy atom. The highest BCUT2D eigenvalue weighted by Gasteiger charge is 2.32. The number of hydrogen-bond donors (Lipinski definition) is 0. The lowest BCUT2D eigenvalue weighted by Gasteiger charge is -2.24. The first kappa shape index (κ1) is 39.8. The summed E-state index contributed by atoms with van der Waals surface area (Å²) in [5.74, 6) is 1.90. The fourth-order valence-corrected chi connectivity index (χ4v) is 16.2. The van der Waals surface area contributed by atoms with Gasteiger partial charge in [0.2, 0.25) is 0 Å². The van der Waals surface area contributed by atoms with Crippen molar-refractivity contribution in [3.8, 4) is 33.8 Å². The van der Waals surface area contributed by atoms with Crippen LogP contribution in [0.5, 0.6) is 11.5 Å². The molecular formula is C72H46O2. The molecule has 74 heavy (non-hydrogen) atoms. The van der Waals surface area contributed by atoms with Crippen LogP contribution < -0.4 is 9.47 Å². The fraction of sp³-hybridized carbons (Fsp3) is 0.111. The summed E-state index contributed by atoms with van der Waals surface area (Å²) in [6, 6.07) is 52.6. The molecule has 0 aliphatic heterocycles. The van der Waals surface area contributed by atoms with E-state index in [-0.39, 0.29) is 0 Å². The van der Waals surface area contributed by atoms with Crippen LogP contribution in [0.2, 0.25) is 0 Å². The van der Waals surface area contributed by atoms with Gasteiger partial charge >= 0.3 is 0 Å². The minimum absolute atomic E-state index is 0.951. The van der Waals surface area contributed by atoms with E-state index in [9.17, 15) is 0 Å². The van der Waals surface area contributed by atoms with Crippen molar-refractivity contribution in [2.45, 2.75) is 41.5 Å². The van der Waals surface area contributed by atoms with Crippen LogP contribution in [0.3, 0.4) is 0 Å². The molecule has 0 radical (unpaired) electrons. The zero-order valence-corrected chi connectivity index (χ0v) is 42.5. The lowest BCUT2D eigenvalue weighted by molar-refractivity contribution is 0.425. The van der Waals surface area contributed by atoms with Gasteiger partial charge in [0.1, 0.15) is 11.5 Å². The lowest BCUT2D eigenvalue weighted by atomic mass is 9.80. The maximum absolute atomic E-state index is 6.81. The van der Waals surface area contributed by atoms with Gasteiger partial charge in [-0.05, 0) is 242 Å². The molecular weight excluding hydrogens is 897 g/mol. The highest BCUT2D eigenvalue weighted by atomic mass is 16.5. The van der Waals surface area contributed by atoms with Crippen molar-refractivity contribution in [2.75, 3.05) is 14.2 Å². The van der Waals surface area contributed by atoms with Crippen LogP contribution in [0, 0.1) is 41.5 Å². The Morgan fingerprint density at radius 3 is 0.865 bits per heavy atom. The van der Waals surface area contributed by atoms with Crippen molar-refractivity contribution < 1.29 is 9.47 Å². The van der Waals surface area contributed by atoms with Gasteiger partial charge in [-0.1, -0.05) is 96.1 Å². The molecule has 2 nitrogen and oxygen atoms in total. The van der Waals surface area contributed by atoms with Crippen molar-refractivity contribution in [1.82, 2.24) is 0 Å². The molecule has 0 atom stereocenters. The topological polar surface area (TPSA) is 18.5 Å². The van der Waals surface area contributed by atoms with E-state index in [1.807, 2.05) is 14.2 Å². The van der Waals surface area contributed by atoms with Crippen molar-refractivity contribution in [1.29, 1.82) is 0 Å². The maximum Gasteiger partial charge on any atom is 0.135 e. The Labute approximate surface area is 425 Å². The molecule has 0 unspecified atom stereocenters. The molecule has 0 heterocycles. The first-order valence-electron chi connectivity index (χ1n) is 26.2. The summed E-state index contributed by atoms with van der Waals surface area (Å²) >= 11 is 0. The van der Waals surface area contributed by atoms with Crippen LogP contribution in [0.4, 0.5) is 0 Å². The Bertz CT molecular complexity index is 5160. The molecule has 0 N–H and O–H groups in total. The Hall–Kier alpha value is -8.72. The largest absolute Gasteiger partial charge is 0.495 e. The lowest BCUT2D eigenvalue weighted by Crippen LogP contribution is -1.98. The standard InChI is InChI=1S/C72H46O2/c1-31-21-33(3)53(34(4)22-31)61-47-27-43-30-50-48(28-44(43)29-49(47)67-65-51(61)25-41-15-13-37-9-11-39-17-19-45(71(67)73-7)63-57(39)55(37)59(41)69(63)65)62(54-35(5)23-32(2)24-36(54)6)52-26-42-16-14-38-10-12-40-18-20-46-64-58(40)56(38)60(42)70(64)66(52)68(50)72(46)74-8/h9-30H,1-8H3. The fourth-order valence-electron chi connectivity index (χ4n) is 16.2. The molecule has 0 spiro atoms. The predicted molar refractivity (Wildman–Crippen MR) is 320 cm³/mol. The van der Waals surface area contributed by atoms with Gasteiger partial charge in [-0.25, -0.2) is 0 Å². The maximum atomic E-state index is 6.81. The predicted octanol–water partition coefficient (Wildman–Crippen LogP) is 20.3. The summed E-state index contributed by atoms with van der Waals surface area (Å²) in [4.78, 5) is 0. The number of ether oxygens (including phenoxy) is 2. The van der Waals surface area contributed by atoms with Gasteiger partial charge in [-0.2, -0.15) is 0 Å². The zero-order chi connectivity index (χ0) is 49.2. The van der Waals surface area contributed by atoms with Crippen molar-refractivity contribution in [2.24, 2.45) is 0 Å². The van der Waals surface area contributed by atoms with Crippen LogP contribution >= 0.6 is 0 Å². The molecule has 2 heteroatoms. The molecule has 0 aromatic heterocycles. The molecule has 0 fully saturated rings. The number of hydrogen-bond acceptors (Lipinski definition) is 2. The number of aryl methyl sites for hydroxylation is 6. The average molecular weight is 943 g/mol. The third-order valence-electron chi connectivity index (χ3n) is 18.5. The van der Waals surface area contributed by atoms with Gasteiger partial charge in [0.05, 0.1) is 14.2 Å². The molecule has 0 saturated carbocycles. The van der Waals surface area contributed by atoms with E-state index in [1.165, 1.54) is 217 Å². The van der Waals surface area contributed by atoms with Crippen molar-refractivity contribution in [3.05, 3.63) is 167 Å². The van der Waals surface area contributed by atoms with Gasteiger partial charge in [-0.3, -0.25) is 0 Å². The monoisotopic (exact) mass is 942 g/mol. The Kier molecular flexibility index (Phi) is 6.94. The molecule has 0 bridgehead atoms. The second kappa shape index (κ2) is 12.9. The summed E-state index contributed by atoms with van der Waals surface area (Å²) < 4.78 is 13.6. The molecule has 18 rings (SSSR count). The van der Waals surface area contributed by atoms with Gasteiger partial charge < -0.3 is 9.47 Å². The number of rotatable bonds is 4. The Morgan fingerprint density at radius 1 is 0.216 bits per heavy atom. The summed E-state index contributed by atoms with van der Waals surface area (Å²) in [5, 5.41) is 38.5. The van der Waals surface area contributed by atoms with Crippen molar-refractivity contribution in [3.63, 3.8) is 0 Å². The number of benzene rings is 16. The summed E-state index contributed by atoms with van der Waals surface area (Å²) in [5.41, 5.74) is 12.9. The third kappa shape index (κ3) is 4.36. The van der Waals surface area contributed by atoms with E-state index in [1.54, 1.807) is 0 Å². The van der Waals surface area contributed by atoms with E-state index < -0.39 is 0 Å². The minimum Gasteiger partial charge on any atom is -0.495 e. The molecule has 0 saturated heterocycles. The van der Waals surface area contributed by atoms with Crippen LogP contribution in [0.25, 0.3) is 184 Å². The van der Waals surface area contributed by atoms with E-state index in [0.717, 1.165) is 11.5 Å². The second-order valence-corrected chi connectivity index (χ2v) is 22.4. The molecule has 346 valence electrons. The van der Waals surface area contributed by atoms with Crippen LogP contribution in [0.15, 0.2) is 133 Å². The van der Waals surface area contributed by atoms with Crippen molar-refractivity contribution >= 4 is 162 Å². The summed E-state index contributed by atoms with van der Waals surface area (Å²) in [6.07, 6.45) is 0. The molecule has 0 amide bonds. The smallest absolute Gasteiger partial charge is 0.135 e. The summed E-state index contributed by atoms with van der Waals surface area (Å²) in [6.45, 7) is 13.7. The third-order valence-corrected chi connectivity index (χ3v) is 18.5. The first-order chi connectivity index (χ1) is 36.1. The SMILES string of the molecule is COc1c2ccc3ccc4ccc5cc6c(-c7c(C)cc(C)cc7C)c7cc8cc9c(cc8cc7c1c6c1c5c4c3c21)c(-c1c(C)cc(C)cc1C)c1cc2ccc3ccc4ccc5c(OC)c9c1c1c2c3c4c51. The van der Waals surface area contributed by atoms with E-state index >= 15 is 0 Å². The molecule has 18 aromatic rings. The first-order valence-corrected chi connectivity index (χ1v) is 26.2. The highest BCUT2D eigenvalue weighted by molar-refractivity contribution is 6.53. The van der Waals surface area contributed by atoms with Gasteiger partial charge in [0.25, 0.3) is 0 Å². The van der Waals surface area contributed by atoms with E-state index in [2.05, 4.69) is 175 Å². The quantitative estimate of drug-likeness (QED) is 0.129. The number of methoxy groups -OCH3 is 2. The average Bonchev–Trinajstić information content (AvgIpc) is 3.95. The van der Waals surface area contributed by atoms with Gasteiger partial charge in [-0.15, -0.1) is 0 Å². The van der Waals surface area contributed by atoms with Gasteiger partial charge in [0, 0.05) is 53.9 Å². The van der Waals surface area contributed by atoms with Gasteiger partial charge in [0.15, 0.2) is 0 Å². The summed E-state index contributed by atoms with van der Waals surface area (Å²) in [7, 11) is 3.77. The minimum atomic E-state index is 0.951. The molecule has 0 aliphatic rings. The zero-order valence-electron chi connectivity index (χ0n) is 42.5. The van der Waals surface area contributed by atoms with E-state index in [0.29, 0.717) is 0 Å². The Balaban J connectivity index is 1.11. The normalized spacial score (nSPS) is 13.1. The van der Waals surface area contributed by atoms with Crippen LogP contribution in [-0.2, 0) is 0 Å². The molecule has 18 aromatic carbocycles. The molecule has 0 aliphatic carbocycles. The van der Waals surface area contributed by atoms with E-state index in [4.69, 9.17) is 9.47 Å². The second-order valence-electron chi connectivity index (χ2n) is 22.4. The highest BCUT2D eigenvalue weighted by Crippen LogP contribution is 2.60.